The standard InChI is InChI=1S/C19H18F4N6O/c1-11(29-15(12-6-7-12)8-16(26-29)19(21,22)23)17(30)25-18-24-10-28(27-18)9-13-4-2-3-5-14(13)20/h2-5,8,10-12H,6-7,9H2,1H3,(H,25,27,30). The number of anilines is 1. The van der Waals surface area contributed by atoms with Crippen LogP contribution in [0.2, 0.25) is 0 Å². The molecule has 0 saturated heterocycles. The molecular formula is C19H18F4N6O. The molecule has 1 saturated carbocycles. The van der Waals surface area contributed by atoms with E-state index in [1.807, 2.05) is 0 Å². The lowest BCUT2D eigenvalue weighted by Gasteiger charge is -2.14. The van der Waals surface area contributed by atoms with Gasteiger partial charge in [0.25, 0.3) is 5.91 Å². The van der Waals surface area contributed by atoms with E-state index < -0.39 is 23.8 Å². The first kappa shape index (κ1) is 20.0. The second-order valence-corrected chi connectivity index (χ2v) is 7.19. The molecule has 0 bridgehead atoms. The summed E-state index contributed by atoms with van der Waals surface area (Å²) in [5, 5.41) is 10.2. The summed E-state index contributed by atoms with van der Waals surface area (Å²) in [5.41, 5.74) is -0.224. The van der Waals surface area contributed by atoms with E-state index in [0.29, 0.717) is 11.3 Å². The normalized spacial score (nSPS) is 15.2. The Balaban J connectivity index is 1.48. The van der Waals surface area contributed by atoms with Gasteiger partial charge in [0.15, 0.2) is 5.69 Å². The molecule has 2 heterocycles. The Bertz CT molecular complexity index is 1070. The van der Waals surface area contributed by atoms with Gasteiger partial charge in [-0.1, -0.05) is 18.2 Å². The zero-order chi connectivity index (χ0) is 21.5. The molecule has 1 fully saturated rings. The van der Waals surface area contributed by atoms with E-state index in [-0.39, 0.29) is 24.2 Å². The minimum absolute atomic E-state index is 0.0260. The lowest BCUT2D eigenvalue weighted by molar-refractivity contribution is -0.141. The minimum atomic E-state index is -4.59. The first-order chi connectivity index (χ1) is 14.2. The summed E-state index contributed by atoms with van der Waals surface area (Å²) in [7, 11) is 0. The summed E-state index contributed by atoms with van der Waals surface area (Å²) in [4.78, 5) is 16.5. The van der Waals surface area contributed by atoms with Gasteiger partial charge in [0.1, 0.15) is 18.2 Å². The summed E-state index contributed by atoms with van der Waals surface area (Å²) >= 11 is 0. The number of benzene rings is 1. The summed E-state index contributed by atoms with van der Waals surface area (Å²) < 4.78 is 55.4. The van der Waals surface area contributed by atoms with Crippen molar-refractivity contribution >= 4 is 11.9 Å². The molecule has 2 aromatic heterocycles. The number of alkyl halides is 3. The molecule has 3 aromatic rings. The van der Waals surface area contributed by atoms with Gasteiger partial charge >= 0.3 is 6.18 Å². The van der Waals surface area contributed by atoms with E-state index >= 15 is 0 Å². The van der Waals surface area contributed by atoms with Gasteiger partial charge in [-0.05, 0) is 31.9 Å². The van der Waals surface area contributed by atoms with Gasteiger partial charge in [0.05, 0.1) is 6.54 Å². The van der Waals surface area contributed by atoms with Gasteiger partial charge in [0.2, 0.25) is 5.95 Å². The lowest BCUT2D eigenvalue weighted by Crippen LogP contribution is -2.26. The zero-order valence-electron chi connectivity index (χ0n) is 15.9. The molecule has 0 spiro atoms. The minimum Gasteiger partial charge on any atom is -0.291 e. The predicted octanol–water partition coefficient (Wildman–Crippen LogP) is 3.76. The molecule has 1 unspecified atom stereocenters. The number of aromatic nitrogens is 5. The van der Waals surface area contributed by atoms with Crippen LogP contribution in [0.3, 0.4) is 0 Å². The van der Waals surface area contributed by atoms with Crippen LogP contribution in [0.1, 0.15) is 48.7 Å². The molecular weight excluding hydrogens is 404 g/mol. The van der Waals surface area contributed by atoms with Crippen molar-refractivity contribution in [2.75, 3.05) is 5.32 Å². The van der Waals surface area contributed by atoms with Gasteiger partial charge in [-0.3, -0.25) is 14.8 Å². The summed E-state index contributed by atoms with van der Waals surface area (Å²) in [5.74, 6) is -1.04. The van der Waals surface area contributed by atoms with Crippen LogP contribution < -0.4 is 5.32 Å². The Labute approximate surface area is 168 Å². The summed E-state index contributed by atoms with van der Waals surface area (Å²) in [6.07, 6.45) is -1.73. The molecule has 1 aliphatic carbocycles. The zero-order valence-corrected chi connectivity index (χ0v) is 15.9. The maximum atomic E-state index is 13.8. The summed E-state index contributed by atoms with van der Waals surface area (Å²) in [6, 6.07) is 6.21. The van der Waals surface area contributed by atoms with Crippen LogP contribution in [0.4, 0.5) is 23.5 Å². The van der Waals surface area contributed by atoms with Crippen molar-refractivity contribution in [3.05, 3.63) is 59.4 Å². The number of hydrogen-bond acceptors (Lipinski definition) is 4. The number of halogens is 4. The van der Waals surface area contributed by atoms with Gasteiger partial charge in [-0.15, -0.1) is 5.10 Å². The molecule has 7 nitrogen and oxygen atoms in total. The van der Waals surface area contributed by atoms with Crippen LogP contribution in [-0.4, -0.2) is 30.5 Å². The number of hydrogen-bond donors (Lipinski definition) is 1. The van der Waals surface area contributed by atoms with Gasteiger partial charge in [0, 0.05) is 17.2 Å². The van der Waals surface area contributed by atoms with Gasteiger partial charge in [-0.2, -0.15) is 18.3 Å². The Morgan fingerprint density at radius 2 is 2.00 bits per heavy atom. The molecule has 4 rings (SSSR count). The van der Waals surface area contributed by atoms with Crippen molar-refractivity contribution in [3.8, 4) is 0 Å². The van der Waals surface area contributed by atoms with Crippen molar-refractivity contribution < 1.29 is 22.4 Å². The Morgan fingerprint density at radius 3 is 2.67 bits per heavy atom. The van der Waals surface area contributed by atoms with E-state index in [9.17, 15) is 22.4 Å². The third-order valence-electron chi connectivity index (χ3n) is 4.86. The van der Waals surface area contributed by atoms with Crippen LogP contribution in [-0.2, 0) is 17.5 Å². The van der Waals surface area contributed by atoms with Crippen LogP contribution in [0.5, 0.6) is 0 Å². The molecule has 1 aliphatic rings. The second kappa shape index (κ2) is 7.54. The molecule has 1 N–H and O–H groups in total. The maximum absolute atomic E-state index is 13.8. The second-order valence-electron chi connectivity index (χ2n) is 7.19. The molecule has 0 aliphatic heterocycles. The number of nitrogens with one attached hydrogen (secondary N) is 1. The number of nitrogens with zero attached hydrogens (tertiary/aromatic N) is 5. The summed E-state index contributed by atoms with van der Waals surface area (Å²) in [6.45, 7) is 1.58. The Kier molecular flexibility index (Phi) is 5.04. The first-order valence-electron chi connectivity index (χ1n) is 9.32. The highest BCUT2D eigenvalue weighted by molar-refractivity contribution is 5.91. The molecule has 11 heteroatoms. The van der Waals surface area contributed by atoms with Crippen molar-refractivity contribution in [2.45, 2.75) is 44.4 Å². The van der Waals surface area contributed by atoms with Crippen LogP contribution in [0.15, 0.2) is 36.7 Å². The van der Waals surface area contributed by atoms with E-state index in [1.54, 1.807) is 18.2 Å². The van der Waals surface area contributed by atoms with E-state index in [0.717, 1.165) is 23.6 Å². The van der Waals surface area contributed by atoms with Gasteiger partial charge < -0.3 is 0 Å². The number of carbonyl (C=O) groups excluding carboxylic acids is 1. The van der Waals surface area contributed by atoms with Crippen LogP contribution >= 0.6 is 0 Å². The van der Waals surface area contributed by atoms with Crippen molar-refractivity contribution in [1.82, 2.24) is 24.5 Å². The largest absolute Gasteiger partial charge is 0.435 e. The predicted molar refractivity (Wildman–Crippen MR) is 98.1 cm³/mol. The molecule has 0 radical (unpaired) electrons. The smallest absolute Gasteiger partial charge is 0.291 e. The average Bonchev–Trinajstić information content (AvgIpc) is 3.27. The SMILES string of the molecule is CC(C(=O)Nc1ncn(Cc2ccccc2F)n1)n1nc(C(F)(F)F)cc1C1CC1. The molecule has 1 amide bonds. The molecule has 158 valence electrons. The van der Waals surface area contributed by atoms with Gasteiger partial charge in [-0.25, -0.2) is 14.1 Å². The van der Waals surface area contributed by atoms with Crippen molar-refractivity contribution in [1.29, 1.82) is 0 Å². The Hall–Kier alpha value is -3.24. The van der Waals surface area contributed by atoms with E-state index in [4.69, 9.17) is 0 Å². The maximum Gasteiger partial charge on any atom is 0.435 e. The lowest BCUT2D eigenvalue weighted by atomic mass is 10.2. The van der Waals surface area contributed by atoms with E-state index in [1.165, 1.54) is 24.0 Å². The quantitative estimate of drug-likeness (QED) is 0.614. The van der Waals surface area contributed by atoms with Crippen LogP contribution in [0.25, 0.3) is 0 Å². The average molecular weight is 422 g/mol. The molecule has 1 atom stereocenters. The highest BCUT2D eigenvalue weighted by Crippen LogP contribution is 2.43. The van der Waals surface area contributed by atoms with Crippen molar-refractivity contribution in [3.63, 3.8) is 0 Å². The number of amides is 1. The fraction of sp³-hybridized carbons (Fsp3) is 0.368. The fourth-order valence-corrected chi connectivity index (χ4v) is 3.10. The first-order valence-corrected chi connectivity index (χ1v) is 9.32. The monoisotopic (exact) mass is 422 g/mol. The van der Waals surface area contributed by atoms with Crippen LogP contribution in [0, 0.1) is 5.82 Å². The third-order valence-corrected chi connectivity index (χ3v) is 4.86. The molecule has 30 heavy (non-hydrogen) atoms. The third kappa shape index (κ3) is 4.19. The van der Waals surface area contributed by atoms with E-state index in [2.05, 4.69) is 20.5 Å². The van der Waals surface area contributed by atoms with Crippen molar-refractivity contribution in [2.24, 2.45) is 0 Å². The number of carbonyl (C=O) groups is 1. The highest BCUT2D eigenvalue weighted by atomic mass is 19.4. The molecule has 1 aromatic carbocycles. The fourth-order valence-electron chi connectivity index (χ4n) is 3.10. The number of rotatable bonds is 6. The topological polar surface area (TPSA) is 77.6 Å². The Morgan fingerprint density at radius 1 is 1.27 bits per heavy atom. The highest BCUT2D eigenvalue weighted by Gasteiger charge is 2.39.